The van der Waals surface area contributed by atoms with E-state index < -0.39 is 0 Å². The molecule has 0 saturated carbocycles. The van der Waals surface area contributed by atoms with E-state index in [9.17, 15) is 14.4 Å². The molecule has 0 radical (unpaired) electrons. The smallest absolute Gasteiger partial charge is 0.316 e. The van der Waals surface area contributed by atoms with Crippen LogP contribution in [0.25, 0.3) is 0 Å². The Bertz CT molecular complexity index is 606. The third-order valence-corrected chi connectivity index (χ3v) is 4.31. The Morgan fingerprint density at radius 3 is 2.62 bits per heavy atom. The van der Waals surface area contributed by atoms with Crippen LogP contribution in [-0.2, 0) is 14.4 Å². The molecule has 3 rings (SSSR count). The zero-order chi connectivity index (χ0) is 16.9. The number of imide groups is 1. The molecular weight excluding hydrogens is 312 g/mol. The maximum Gasteiger partial charge on any atom is 0.316 e. The van der Waals surface area contributed by atoms with Crippen molar-refractivity contribution in [3.8, 4) is 6.01 Å². The van der Waals surface area contributed by atoms with Gasteiger partial charge in [-0.1, -0.05) is 0 Å². The number of piperidine rings is 1. The Morgan fingerprint density at radius 1 is 1.21 bits per heavy atom. The average Bonchev–Trinajstić information content (AvgIpc) is 2.93. The number of carbonyl (C=O) groups is 3. The van der Waals surface area contributed by atoms with Gasteiger partial charge in [0.25, 0.3) is 0 Å². The van der Waals surface area contributed by atoms with Crippen LogP contribution in [0.5, 0.6) is 6.01 Å². The van der Waals surface area contributed by atoms with Gasteiger partial charge >= 0.3 is 6.01 Å². The molecule has 2 fully saturated rings. The van der Waals surface area contributed by atoms with Gasteiger partial charge < -0.3 is 9.64 Å². The first kappa shape index (κ1) is 16.4. The Morgan fingerprint density at radius 2 is 1.92 bits per heavy atom. The molecule has 2 saturated heterocycles. The lowest BCUT2D eigenvalue weighted by atomic mass is 9.99. The van der Waals surface area contributed by atoms with Crippen molar-refractivity contribution in [1.82, 2.24) is 19.8 Å². The highest BCUT2D eigenvalue weighted by atomic mass is 16.5. The second-order valence-corrected chi connectivity index (χ2v) is 6.06. The first-order chi connectivity index (χ1) is 11.6. The molecule has 0 N–H and O–H groups in total. The minimum atomic E-state index is -0.258. The molecule has 1 aromatic rings. The molecule has 128 valence electrons. The lowest BCUT2D eigenvalue weighted by Crippen LogP contribution is -2.47. The van der Waals surface area contributed by atoms with Crippen LogP contribution < -0.4 is 4.74 Å². The molecule has 0 spiro atoms. The molecule has 24 heavy (non-hydrogen) atoms. The van der Waals surface area contributed by atoms with Crippen molar-refractivity contribution in [2.45, 2.75) is 25.7 Å². The van der Waals surface area contributed by atoms with Crippen LogP contribution in [0.4, 0.5) is 0 Å². The largest absolute Gasteiger partial charge is 0.463 e. The van der Waals surface area contributed by atoms with Gasteiger partial charge in [0.05, 0.1) is 6.61 Å². The first-order valence-corrected chi connectivity index (χ1v) is 8.14. The van der Waals surface area contributed by atoms with Gasteiger partial charge in [0.2, 0.25) is 17.7 Å². The van der Waals surface area contributed by atoms with Gasteiger partial charge in [0.15, 0.2) is 0 Å². The number of ether oxygens (including phenoxy) is 1. The van der Waals surface area contributed by atoms with E-state index >= 15 is 0 Å². The second kappa shape index (κ2) is 7.37. The van der Waals surface area contributed by atoms with Gasteiger partial charge in [-0.25, -0.2) is 9.97 Å². The van der Waals surface area contributed by atoms with Crippen LogP contribution in [0.2, 0.25) is 0 Å². The van der Waals surface area contributed by atoms with Crippen molar-refractivity contribution >= 4 is 17.7 Å². The molecule has 3 heterocycles. The zero-order valence-electron chi connectivity index (χ0n) is 13.4. The van der Waals surface area contributed by atoms with Crippen molar-refractivity contribution in [2.24, 2.45) is 5.92 Å². The minimum absolute atomic E-state index is 0.146. The number of carbonyl (C=O) groups excluding carboxylic acids is 3. The summed E-state index contributed by atoms with van der Waals surface area (Å²) >= 11 is 0. The van der Waals surface area contributed by atoms with E-state index in [4.69, 9.17) is 4.74 Å². The topological polar surface area (TPSA) is 92.7 Å². The molecule has 1 atom stereocenters. The fourth-order valence-corrected chi connectivity index (χ4v) is 3.01. The van der Waals surface area contributed by atoms with Crippen LogP contribution in [0, 0.1) is 5.92 Å². The predicted molar refractivity (Wildman–Crippen MR) is 82.8 cm³/mol. The monoisotopic (exact) mass is 332 g/mol. The summed E-state index contributed by atoms with van der Waals surface area (Å²) in [6, 6.07) is 2.05. The number of amides is 3. The number of rotatable bonds is 5. The third-order valence-electron chi connectivity index (χ3n) is 4.31. The first-order valence-electron chi connectivity index (χ1n) is 8.14. The fraction of sp³-hybridized carbons (Fsp3) is 0.562. The molecule has 2 aliphatic rings. The van der Waals surface area contributed by atoms with Crippen LogP contribution in [-0.4, -0.2) is 63.7 Å². The standard InChI is InChI=1S/C16H20N4O4/c21-13-4-5-14(22)20(13)10-15(23)19-8-1-3-12(9-19)11-24-16-17-6-2-7-18-16/h2,6-7,12H,1,3-5,8-11H2. The second-order valence-electron chi connectivity index (χ2n) is 6.06. The van der Waals surface area contributed by atoms with Gasteiger partial charge in [0.1, 0.15) is 6.54 Å². The van der Waals surface area contributed by atoms with E-state index in [0.29, 0.717) is 25.7 Å². The van der Waals surface area contributed by atoms with Crippen molar-refractivity contribution in [3.05, 3.63) is 18.5 Å². The van der Waals surface area contributed by atoms with E-state index in [1.807, 2.05) is 0 Å². The molecular formula is C16H20N4O4. The Balaban J connectivity index is 1.50. The number of hydrogen-bond donors (Lipinski definition) is 0. The summed E-state index contributed by atoms with van der Waals surface area (Å²) in [4.78, 5) is 46.4. The van der Waals surface area contributed by atoms with Crippen LogP contribution >= 0.6 is 0 Å². The Kier molecular flexibility index (Phi) is 5.02. The van der Waals surface area contributed by atoms with Gasteiger partial charge in [-0.2, -0.15) is 0 Å². The molecule has 0 aromatic carbocycles. The summed E-state index contributed by atoms with van der Waals surface area (Å²) in [6.45, 7) is 1.50. The maximum atomic E-state index is 12.4. The summed E-state index contributed by atoms with van der Waals surface area (Å²) < 4.78 is 5.56. The van der Waals surface area contributed by atoms with Crippen molar-refractivity contribution in [3.63, 3.8) is 0 Å². The Labute approximate surface area is 139 Å². The van der Waals surface area contributed by atoms with Gasteiger partial charge in [-0.05, 0) is 18.9 Å². The van der Waals surface area contributed by atoms with Crippen LogP contribution in [0.1, 0.15) is 25.7 Å². The number of aromatic nitrogens is 2. The van der Waals surface area contributed by atoms with Gasteiger partial charge in [0, 0.05) is 44.2 Å². The van der Waals surface area contributed by atoms with Gasteiger partial charge in [-0.3, -0.25) is 19.3 Å². The van der Waals surface area contributed by atoms with Crippen molar-refractivity contribution in [1.29, 1.82) is 0 Å². The van der Waals surface area contributed by atoms with Crippen LogP contribution in [0.3, 0.4) is 0 Å². The molecule has 8 heteroatoms. The van der Waals surface area contributed by atoms with Crippen LogP contribution in [0.15, 0.2) is 18.5 Å². The summed E-state index contributed by atoms with van der Waals surface area (Å²) in [7, 11) is 0. The number of hydrogen-bond acceptors (Lipinski definition) is 6. The number of likely N-dealkylation sites (tertiary alicyclic amines) is 2. The molecule has 8 nitrogen and oxygen atoms in total. The van der Waals surface area contributed by atoms with E-state index in [1.54, 1.807) is 23.4 Å². The highest BCUT2D eigenvalue weighted by molar-refractivity contribution is 6.04. The summed E-state index contributed by atoms with van der Waals surface area (Å²) in [5.74, 6) is -0.506. The average molecular weight is 332 g/mol. The molecule has 1 aromatic heterocycles. The molecule has 0 bridgehead atoms. The quantitative estimate of drug-likeness (QED) is 0.717. The summed E-state index contributed by atoms with van der Waals surface area (Å²) in [5, 5.41) is 0. The normalized spacial score (nSPS) is 21.2. The third kappa shape index (κ3) is 3.87. The number of nitrogens with zero attached hydrogens (tertiary/aromatic N) is 4. The fourth-order valence-electron chi connectivity index (χ4n) is 3.01. The van der Waals surface area contributed by atoms with Gasteiger partial charge in [-0.15, -0.1) is 0 Å². The summed E-state index contributed by atoms with van der Waals surface area (Å²) in [6.07, 6.45) is 5.47. The predicted octanol–water partition coefficient (Wildman–Crippen LogP) is 0.243. The minimum Gasteiger partial charge on any atom is -0.463 e. The van der Waals surface area contributed by atoms with Crippen molar-refractivity contribution < 1.29 is 19.1 Å². The van der Waals surface area contributed by atoms with E-state index in [-0.39, 0.29) is 43.0 Å². The van der Waals surface area contributed by atoms with E-state index in [2.05, 4.69) is 9.97 Å². The molecule has 0 aliphatic carbocycles. The summed E-state index contributed by atoms with van der Waals surface area (Å²) in [5.41, 5.74) is 0. The lowest BCUT2D eigenvalue weighted by Gasteiger charge is -2.33. The zero-order valence-corrected chi connectivity index (χ0v) is 13.4. The lowest BCUT2D eigenvalue weighted by molar-refractivity contribution is -0.146. The van der Waals surface area contributed by atoms with Crippen molar-refractivity contribution in [2.75, 3.05) is 26.2 Å². The molecule has 3 amide bonds. The highest BCUT2D eigenvalue weighted by Crippen LogP contribution is 2.19. The van der Waals surface area contributed by atoms with E-state index in [0.717, 1.165) is 17.7 Å². The van der Waals surface area contributed by atoms with E-state index in [1.165, 1.54) is 0 Å². The SMILES string of the molecule is O=C(CN1C(=O)CCC1=O)N1CCCC(COc2ncccn2)C1. The highest BCUT2D eigenvalue weighted by Gasteiger charge is 2.33. The molecule has 2 aliphatic heterocycles. The Hall–Kier alpha value is -2.51. The molecule has 1 unspecified atom stereocenters. The maximum absolute atomic E-state index is 12.4.